The van der Waals surface area contributed by atoms with Crippen LogP contribution in [-0.2, 0) is 14.3 Å². The number of Topliss-reactive ketones (excluding diaryl/α,β-unsaturated/α-hetero) is 1. The van der Waals surface area contributed by atoms with E-state index in [0.717, 1.165) is 0 Å². The first kappa shape index (κ1) is 17.8. The lowest BCUT2D eigenvalue weighted by Gasteiger charge is -2.31. The van der Waals surface area contributed by atoms with Crippen molar-refractivity contribution in [2.45, 2.75) is 19.9 Å². The summed E-state index contributed by atoms with van der Waals surface area (Å²) in [6, 6.07) is 7.75. The zero-order chi connectivity index (χ0) is 16.7. The monoisotopic (exact) mass is 306 g/mol. The van der Waals surface area contributed by atoms with Crippen molar-refractivity contribution in [3.05, 3.63) is 35.9 Å². The van der Waals surface area contributed by atoms with Gasteiger partial charge in [-0.05, 0) is 5.92 Å². The highest BCUT2D eigenvalue weighted by Crippen LogP contribution is 2.13. The molecule has 0 spiro atoms. The molecule has 0 unspecified atom stereocenters. The molecular formula is C16H22N2O4. The third-order valence-corrected chi connectivity index (χ3v) is 3.26. The number of methoxy groups -OCH3 is 1. The van der Waals surface area contributed by atoms with Gasteiger partial charge in [0.25, 0.3) is 0 Å². The molecule has 2 amide bonds. The van der Waals surface area contributed by atoms with Crippen LogP contribution in [-0.4, -0.2) is 48.8 Å². The fourth-order valence-corrected chi connectivity index (χ4v) is 2.26. The van der Waals surface area contributed by atoms with E-state index in [4.69, 9.17) is 10.5 Å². The van der Waals surface area contributed by atoms with Crippen molar-refractivity contribution < 1.29 is 19.1 Å². The van der Waals surface area contributed by atoms with Crippen LogP contribution in [0, 0.1) is 5.92 Å². The van der Waals surface area contributed by atoms with Crippen LogP contribution in [0.2, 0.25) is 0 Å². The summed E-state index contributed by atoms with van der Waals surface area (Å²) in [7, 11) is 1.38. The maximum Gasteiger partial charge on any atom is 0.249 e. The van der Waals surface area contributed by atoms with Crippen LogP contribution in [0.1, 0.15) is 24.2 Å². The molecular weight excluding hydrogens is 284 g/mol. The van der Waals surface area contributed by atoms with Gasteiger partial charge in [0, 0.05) is 12.7 Å². The number of rotatable bonds is 8. The molecule has 0 aliphatic rings. The predicted octanol–water partition coefficient (Wildman–Crippen LogP) is 0.854. The molecule has 6 nitrogen and oxygen atoms in total. The van der Waals surface area contributed by atoms with Gasteiger partial charge in [-0.15, -0.1) is 0 Å². The smallest absolute Gasteiger partial charge is 0.249 e. The number of hydrogen-bond acceptors (Lipinski definition) is 4. The van der Waals surface area contributed by atoms with E-state index in [2.05, 4.69) is 0 Å². The van der Waals surface area contributed by atoms with Crippen molar-refractivity contribution in [2.75, 3.05) is 20.3 Å². The van der Waals surface area contributed by atoms with Gasteiger partial charge in [-0.2, -0.15) is 0 Å². The molecule has 0 aliphatic heterocycles. The molecule has 0 heterocycles. The van der Waals surface area contributed by atoms with Gasteiger partial charge in [-0.3, -0.25) is 14.4 Å². The van der Waals surface area contributed by atoms with E-state index in [1.165, 1.54) is 12.0 Å². The zero-order valence-corrected chi connectivity index (χ0v) is 13.1. The standard InChI is InChI=1S/C16H22N2O4/c1-11(2)15(16(17)21)18(14(20)10-22-3)9-13(19)12-7-5-4-6-8-12/h4-8,11,15H,9-10H2,1-3H3,(H2,17,21)/t15-/m1/s1. The van der Waals surface area contributed by atoms with Gasteiger partial charge in [0.1, 0.15) is 12.6 Å². The minimum atomic E-state index is -0.852. The van der Waals surface area contributed by atoms with E-state index in [1.807, 2.05) is 0 Å². The number of amides is 2. The van der Waals surface area contributed by atoms with Crippen LogP contribution in [0.4, 0.5) is 0 Å². The number of nitrogens with zero attached hydrogens (tertiary/aromatic N) is 1. The number of nitrogens with two attached hydrogens (primary N) is 1. The van der Waals surface area contributed by atoms with E-state index in [-0.39, 0.29) is 24.9 Å². The van der Waals surface area contributed by atoms with E-state index in [9.17, 15) is 14.4 Å². The van der Waals surface area contributed by atoms with Gasteiger partial charge < -0.3 is 15.4 Å². The minimum absolute atomic E-state index is 0.207. The third-order valence-electron chi connectivity index (χ3n) is 3.26. The summed E-state index contributed by atoms with van der Waals surface area (Å²) in [5.74, 6) is -1.54. The lowest BCUT2D eigenvalue weighted by Crippen LogP contribution is -2.53. The van der Waals surface area contributed by atoms with Crippen molar-refractivity contribution in [3.63, 3.8) is 0 Å². The molecule has 6 heteroatoms. The molecule has 22 heavy (non-hydrogen) atoms. The van der Waals surface area contributed by atoms with Crippen LogP contribution in [0.15, 0.2) is 30.3 Å². The fraction of sp³-hybridized carbons (Fsp3) is 0.438. The van der Waals surface area contributed by atoms with Crippen LogP contribution < -0.4 is 5.73 Å². The fourth-order valence-electron chi connectivity index (χ4n) is 2.26. The average Bonchev–Trinajstić information content (AvgIpc) is 2.46. The molecule has 0 aliphatic carbocycles. The van der Waals surface area contributed by atoms with Crippen LogP contribution in [0.3, 0.4) is 0 Å². The molecule has 0 radical (unpaired) electrons. The topological polar surface area (TPSA) is 89.7 Å². The van der Waals surface area contributed by atoms with Crippen molar-refractivity contribution in [1.29, 1.82) is 0 Å². The normalized spacial score (nSPS) is 12.0. The van der Waals surface area contributed by atoms with Gasteiger partial charge in [0.05, 0.1) is 6.54 Å². The van der Waals surface area contributed by atoms with Crippen molar-refractivity contribution in [3.8, 4) is 0 Å². The Morgan fingerprint density at radius 1 is 1.18 bits per heavy atom. The van der Waals surface area contributed by atoms with Gasteiger partial charge in [-0.1, -0.05) is 44.2 Å². The van der Waals surface area contributed by atoms with E-state index in [0.29, 0.717) is 5.56 Å². The number of ketones is 1. The lowest BCUT2D eigenvalue weighted by molar-refractivity contribution is -0.143. The average molecular weight is 306 g/mol. The molecule has 0 bridgehead atoms. The third kappa shape index (κ3) is 4.66. The Kier molecular flexibility index (Phi) is 6.72. The van der Waals surface area contributed by atoms with Gasteiger partial charge in [0.2, 0.25) is 11.8 Å². The first-order valence-corrected chi connectivity index (χ1v) is 7.04. The molecule has 0 aromatic heterocycles. The molecule has 1 atom stereocenters. The van der Waals surface area contributed by atoms with Crippen LogP contribution in [0.5, 0.6) is 0 Å². The first-order chi connectivity index (χ1) is 10.4. The van der Waals surface area contributed by atoms with Crippen molar-refractivity contribution in [2.24, 2.45) is 11.7 Å². The summed E-state index contributed by atoms with van der Waals surface area (Å²) in [6.45, 7) is 3.13. The Hall–Kier alpha value is -2.21. The number of ether oxygens (including phenoxy) is 1. The first-order valence-electron chi connectivity index (χ1n) is 7.04. The Balaban J connectivity index is 3.02. The van der Waals surface area contributed by atoms with Gasteiger partial charge >= 0.3 is 0 Å². The largest absolute Gasteiger partial charge is 0.375 e. The second kappa shape index (κ2) is 8.29. The Morgan fingerprint density at radius 3 is 2.23 bits per heavy atom. The maximum atomic E-state index is 12.3. The van der Waals surface area contributed by atoms with E-state index >= 15 is 0 Å². The van der Waals surface area contributed by atoms with Gasteiger partial charge in [0.15, 0.2) is 5.78 Å². The summed E-state index contributed by atoms with van der Waals surface area (Å²) < 4.78 is 4.83. The predicted molar refractivity (Wildman–Crippen MR) is 82.2 cm³/mol. The highest BCUT2D eigenvalue weighted by Gasteiger charge is 2.32. The molecule has 0 fully saturated rings. The second-order valence-corrected chi connectivity index (χ2v) is 5.34. The molecule has 0 saturated carbocycles. The summed E-state index contributed by atoms with van der Waals surface area (Å²) in [5, 5.41) is 0. The molecule has 1 rings (SSSR count). The maximum absolute atomic E-state index is 12.3. The summed E-state index contributed by atoms with van der Waals surface area (Å²) in [6.07, 6.45) is 0. The zero-order valence-electron chi connectivity index (χ0n) is 13.1. The Bertz CT molecular complexity index is 528. The van der Waals surface area contributed by atoms with Crippen LogP contribution in [0.25, 0.3) is 0 Å². The number of carbonyl (C=O) groups is 3. The van der Waals surface area contributed by atoms with Crippen molar-refractivity contribution in [1.82, 2.24) is 4.90 Å². The summed E-state index contributed by atoms with van der Waals surface area (Å²) >= 11 is 0. The molecule has 120 valence electrons. The molecule has 1 aromatic rings. The SMILES string of the molecule is COCC(=O)N(CC(=O)c1ccccc1)[C@@H](C(N)=O)C(C)C. The number of carbonyl (C=O) groups excluding carboxylic acids is 3. The summed E-state index contributed by atoms with van der Waals surface area (Å²) in [5.41, 5.74) is 5.88. The number of primary amides is 1. The van der Waals surface area contributed by atoms with Gasteiger partial charge in [-0.25, -0.2) is 0 Å². The number of benzene rings is 1. The number of hydrogen-bond donors (Lipinski definition) is 1. The molecule has 2 N–H and O–H groups in total. The highest BCUT2D eigenvalue weighted by molar-refractivity contribution is 6.00. The quantitative estimate of drug-likeness (QED) is 0.721. The van der Waals surface area contributed by atoms with Crippen LogP contribution >= 0.6 is 0 Å². The van der Waals surface area contributed by atoms with Crippen molar-refractivity contribution >= 4 is 17.6 Å². The van der Waals surface area contributed by atoms with E-state index < -0.39 is 17.9 Å². The Labute approximate surface area is 130 Å². The Morgan fingerprint density at radius 2 is 1.77 bits per heavy atom. The molecule has 0 saturated heterocycles. The highest BCUT2D eigenvalue weighted by atomic mass is 16.5. The lowest BCUT2D eigenvalue weighted by atomic mass is 10.0. The second-order valence-electron chi connectivity index (χ2n) is 5.34. The van der Waals surface area contributed by atoms with E-state index in [1.54, 1.807) is 44.2 Å². The molecule has 1 aromatic carbocycles. The minimum Gasteiger partial charge on any atom is -0.375 e. The summed E-state index contributed by atoms with van der Waals surface area (Å²) in [4.78, 5) is 37.4.